The molecule has 1 aliphatic heterocycles. The molecule has 0 aliphatic carbocycles. The Morgan fingerprint density at radius 3 is 2.17 bits per heavy atom. The Labute approximate surface area is 115 Å². The second-order valence-electron chi connectivity index (χ2n) is 5.78. The highest BCUT2D eigenvalue weighted by Gasteiger charge is 2.52. The van der Waals surface area contributed by atoms with E-state index in [4.69, 9.17) is 20.9 Å². The van der Waals surface area contributed by atoms with Gasteiger partial charge in [0.05, 0.1) is 11.2 Å². The Morgan fingerprint density at radius 2 is 1.67 bits per heavy atom. The van der Waals surface area contributed by atoms with E-state index in [1.165, 1.54) is 5.56 Å². The second-order valence-corrected chi connectivity index (χ2v) is 6.22. The van der Waals surface area contributed by atoms with Gasteiger partial charge in [-0.3, -0.25) is 0 Å². The molecule has 4 heteroatoms. The molecule has 0 radical (unpaired) electrons. The first kappa shape index (κ1) is 13.9. The molecular weight excluding hydrogens is 246 g/mol. The van der Waals surface area contributed by atoms with Crippen molar-refractivity contribution in [3.8, 4) is 0 Å². The zero-order valence-corrected chi connectivity index (χ0v) is 12.5. The van der Waals surface area contributed by atoms with Crippen molar-refractivity contribution >= 4 is 24.2 Å². The van der Waals surface area contributed by atoms with E-state index in [2.05, 4.69) is 34.6 Å². The van der Waals surface area contributed by atoms with E-state index in [0.717, 1.165) is 16.9 Å². The summed E-state index contributed by atoms with van der Waals surface area (Å²) in [6, 6.07) is 5.90. The summed E-state index contributed by atoms with van der Waals surface area (Å²) in [4.78, 5) is 0. The fourth-order valence-corrected chi connectivity index (χ4v) is 2.26. The van der Waals surface area contributed by atoms with Crippen LogP contribution in [-0.2, 0) is 15.7 Å². The molecule has 1 saturated heterocycles. The fraction of sp³-hybridized carbons (Fsp3) is 0.571. The summed E-state index contributed by atoms with van der Waals surface area (Å²) < 4.78 is 12.1. The molecular formula is C14H20BClO2. The number of rotatable bonds is 2. The van der Waals surface area contributed by atoms with Gasteiger partial charge >= 0.3 is 7.12 Å². The van der Waals surface area contributed by atoms with Crippen LogP contribution in [0.1, 0.15) is 40.2 Å². The molecule has 2 rings (SSSR count). The van der Waals surface area contributed by atoms with E-state index in [9.17, 15) is 0 Å². The maximum Gasteiger partial charge on any atom is 0.495 e. The molecule has 1 aliphatic rings. The smallest absolute Gasteiger partial charge is 0.399 e. The van der Waals surface area contributed by atoms with Crippen molar-refractivity contribution in [2.45, 2.75) is 52.2 Å². The van der Waals surface area contributed by atoms with Gasteiger partial charge in [-0.05, 0) is 57.3 Å². The summed E-state index contributed by atoms with van der Waals surface area (Å²) in [5.41, 5.74) is 1.64. The van der Waals surface area contributed by atoms with Crippen molar-refractivity contribution in [2.75, 3.05) is 0 Å². The molecule has 0 amide bonds. The number of aryl methyl sites for hydroxylation is 1. The van der Waals surface area contributed by atoms with E-state index < -0.39 is 0 Å². The largest absolute Gasteiger partial charge is 0.495 e. The molecule has 18 heavy (non-hydrogen) atoms. The Bertz CT molecular complexity index is 441. The number of hydrogen-bond acceptors (Lipinski definition) is 2. The van der Waals surface area contributed by atoms with E-state index in [-0.39, 0.29) is 18.3 Å². The Balaban J connectivity index is 2.37. The Hall–Kier alpha value is -0.505. The van der Waals surface area contributed by atoms with Crippen LogP contribution in [0.4, 0.5) is 0 Å². The topological polar surface area (TPSA) is 18.5 Å². The first-order chi connectivity index (χ1) is 8.27. The fourth-order valence-electron chi connectivity index (χ4n) is 2.08. The molecule has 0 aromatic heterocycles. The van der Waals surface area contributed by atoms with Gasteiger partial charge in [0.1, 0.15) is 0 Å². The molecule has 98 valence electrons. The molecule has 0 bridgehead atoms. The predicted octanol–water partition coefficient (Wildman–Crippen LogP) is 3.20. The van der Waals surface area contributed by atoms with Gasteiger partial charge in [-0.2, -0.15) is 0 Å². The van der Waals surface area contributed by atoms with Gasteiger partial charge in [0.25, 0.3) is 0 Å². The molecule has 0 N–H and O–H groups in total. The van der Waals surface area contributed by atoms with Gasteiger partial charge < -0.3 is 9.31 Å². The van der Waals surface area contributed by atoms with Crippen LogP contribution >= 0.6 is 11.6 Å². The summed E-state index contributed by atoms with van der Waals surface area (Å²) in [6.07, 6.45) is 0.941. The Kier molecular flexibility index (Phi) is 3.52. The lowest BCUT2D eigenvalue weighted by atomic mass is 9.75. The normalized spacial score (nSPS) is 21.3. The standard InChI is InChI=1S/C14H20BClO2/c1-6-10-7-8-11(16)9-12(10)15-17-13(2,3)14(4,5)18-15/h7-9H,6H2,1-5H3. The third-order valence-corrected chi connectivity index (χ3v) is 4.23. The molecule has 0 spiro atoms. The van der Waals surface area contributed by atoms with E-state index >= 15 is 0 Å². The van der Waals surface area contributed by atoms with E-state index in [1.807, 2.05) is 18.2 Å². The number of hydrogen-bond donors (Lipinski definition) is 0. The van der Waals surface area contributed by atoms with Gasteiger partial charge in [0.2, 0.25) is 0 Å². The number of halogens is 1. The highest BCUT2D eigenvalue weighted by atomic mass is 35.5. The van der Waals surface area contributed by atoms with Gasteiger partial charge in [0.15, 0.2) is 0 Å². The van der Waals surface area contributed by atoms with Gasteiger partial charge in [0, 0.05) is 5.02 Å². The summed E-state index contributed by atoms with van der Waals surface area (Å²) in [5, 5.41) is 0.719. The molecule has 0 unspecified atom stereocenters. The monoisotopic (exact) mass is 266 g/mol. The van der Waals surface area contributed by atoms with Crippen LogP contribution in [-0.4, -0.2) is 18.3 Å². The Morgan fingerprint density at radius 1 is 1.11 bits per heavy atom. The minimum Gasteiger partial charge on any atom is -0.399 e. The lowest BCUT2D eigenvalue weighted by Crippen LogP contribution is -2.41. The van der Waals surface area contributed by atoms with Crippen molar-refractivity contribution < 1.29 is 9.31 Å². The van der Waals surface area contributed by atoms with Crippen LogP contribution in [0.2, 0.25) is 5.02 Å². The quantitative estimate of drug-likeness (QED) is 0.765. The van der Waals surface area contributed by atoms with Crippen molar-refractivity contribution in [1.82, 2.24) is 0 Å². The maximum absolute atomic E-state index is 6.08. The third kappa shape index (κ3) is 2.32. The van der Waals surface area contributed by atoms with Crippen LogP contribution in [0.25, 0.3) is 0 Å². The predicted molar refractivity (Wildman–Crippen MR) is 76.5 cm³/mol. The van der Waals surface area contributed by atoms with Crippen LogP contribution < -0.4 is 5.46 Å². The van der Waals surface area contributed by atoms with E-state index in [0.29, 0.717) is 0 Å². The lowest BCUT2D eigenvalue weighted by molar-refractivity contribution is 0.00578. The average molecular weight is 267 g/mol. The first-order valence-electron chi connectivity index (χ1n) is 6.41. The van der Waals surface area contributed by atoms with Crippen molar-refractivity contribution in [3.63, 3.8) is 0 Å². The van der Waals surface area contributed by atoms with Crippen LogP contribution in [0.3, 0.4) is 0 Å². The highest BCUT2D eigenvalue weighted by Crippen LogP contribution is 2.36. The van der Waals surface area contributed by atoms with Crippen LogP contribution in [0.15, 0.2) is 18.2 Å². The van der Waals surface area contributed by atoms with Gasteiger partial charge in [-0.25, -0.2) is 0 Å². The molecule has 1 heterocycles. The van der Waals surface area contributed by atoms with Crippen LogP contribution in [0, 0.1) is 0 Å². The summed E-state index contributed by atoms with van der Waals surface area (Å²) in [7, 11) is -0.330. The second kappa shape index (κ2) is 4.55. The molecule has 1 aromatic rings. The molecule has 0 atom stereocenters. The van der Waals surface area contributed by atoms with Crippen molar-refractivity contribution in [3.05, 3.63) is 28.8 Å². The average Bonchev–Trinajstić information content (AvgIpc) is 2.48. The lowest BCUT2D eigenvalue weighted by Gasteiger charge is -2.32. The van der Waals surface area contributed by atoms with Gasteiger partial charge in [-0.1, -0.05) is 24.6 Å². The molecule has 0 saturated carbocycles. The van der Waals surface area contributed by atoms with Crippen molar-refractivity contribution in [2.24, 2.45) is 0 Å². The highest BCUT2D eigenvalue weighted by molar-refractivity contribution is 6.63. The van der Waals surface area contributed by atoms with Crippen LogP contribution in [0.5, 0.6) is 0 Å². The molecule has 2 nitrogen and oxygen atoms in total. The summed E-state index contributed by atoms with van der Waals surface area (Å²) in [6.45, 7) is 10.4. The summed E-state index contributed by atoms with van der Waals surface area (Å²) >= 11 is 6.08. The zero-order chi connectivity index (χ0) is 13.6. The third-order valence-electron chi connectivity index (χ3n) is 4.00. The minimum absolute atomic E-state index is 0.314. The first-order valence-corrected chi connectivity index (χ1v) is 6.78. The minimum atomic E-state index is -0.330. The molecule has 1 fully saturated rings. The molecule has 1 aromatic carbocycles. The SMILES string of the molecule is CCc1ccc(Cl)cc1B1OC(C)(C)C(C)(C)O1. The van der Waals surface area contributed by atoms with Crippen molar-refractivity contribution in [1.29, 1.82) is 0 Å². The summed E-state index contributed by atoms with van der Waals surface area (Å²) in [5.74, 6) is 0. The maximum atomic E-state index is 6.08. The van der Waals surface area contributed by atoms with Gasteiger partial charge in [-0.15, -0.1) is 0 Å². The number of benzene rings is 1. The van der Waals surface area contributed by atoms with E-state index in [1.54, 1.807) is 0 Å². The zero-order valence-electron chi connectivity index (χ0n) is 11.7.